The maximum Gasteiger partial charge on any atom is 0.338 e. The van der Waals surface area contributed by atoms with E-state index < -0.39 is 0 Å². The third kappa shape index (κ3) is 3.28. The number of ether oxygens (including phenoxy) is 2. The van der Waals surface area contributed by atoms with Gasteiger partial charge in [0.05, 0.1) is 18.8 Å². The van der Waals surface area contributed by atoms with Crippen molar-refractivity contribution in [2.75, 3.05) is 13.2 Å². The molecule has 0 spiro atoms. The Bertz CT molecular complexity index is 386. The maximum atomic E-state index is 11.9. The van der Waals surface area contributed by atoms with Crippen molar-refractivity contribution in [3.8, 4) is 0 Å². The van der Waals surface area contributed by atoms with Crippen LogP contribution in [0.5, 0.6) is 0 Å². The molecule has 0 atom stereocenters. The van der Waals surface area contributed by atoms with Crippen LogP contribution >= 0.6 is 0 Å². The fourth-order valence-corrected chi connectivity index (χ4v) is 1.84. The summed E-state index contributed by atoms with van der Waals surface area (Å²) in [6.45, 7) is 1.76. The summed E-state index contributed by atoms with van der Waals surface area (Å²) in [5.41, 5.74) is 7.04. The van der Waals surface area contributed by atoms with Crippen molar-refractivity contribution in [3.05, 3.63) is 35.4 Å². The molecule has 1 heterocycles. The van der Waals surface area contributed by atoms with E-state index in [4.69, 9.17) is 15.2 Å². The molecule has 2 N–H and O–H groups in total. The van der Waals surface area contributed by atoms with E-state index in [-0.39, 0.29) is 12.1 Å². The van der Waals surface area contributed by atoms with Crippen molar-refractivity contribution < 1.29 is 14.3 Å². The van der Waals surface area contributed by atoms with Crippen molar-refractivity contribution in [1.82, 2.24) is 0 Å². The van der Waals surface area contributed by atoms with Gasteiger partial charge in [-0.1, -0.05) is 12.1 Å². The Morgan fingerprint density at radius 1 is 1.41 bits per heavy atom. The van der Waals surface area contributed by atoms with Crippen LogP contribution in [0.4, 0.5) is 0 Å². The van der Waals surface area contributed by atoms with Crippen LogP contribution in [0.1, 0.15) is 28.8 Å². The minimum absolute atomic E-state index is 0.0159. The molecule has 1 aromatic carbocycles. The number of carbonyl (C=O) groups is 1. The highest BCUT2D eigenvalue weighted by Crippen LogP contribution is 2.14. The molecule has 1 aliphatic rings. The molecular weight excluding hydrogens is 218 g/mol. The van der Waals surface area contributed by atoms with Crippen LogP contribution in [0.25, 0.3) is 0 Å². The van der Waals surface area contributed by atoms with Crippen molar-refractivity contribution >= 4 is 5.97 Å². The van der Waals surface area contributed by atoms with Gasteiger partial charge in [0.25, 0.3) is 0 Å². The van der Waals surface area contributed by atoms with Gasteiger partial charge in [-0.05, 0) is 17.7 Å². The zero-order chi connectivity index (χ0) is 12.1. The zero-order valence-corrected chi connectivity index (χ0v) is 9.72. The quantitative estimate of drug-likeness (QED) is 0.806. The van der Waals surface area contributed by atoms with E-state index in [2.05, 4.69) is 0 Å². The number of esters is 1. The van der Waals surface area contributed by atoms with Gasteiger partial charge in [-0.3, -0.25) is 0 Å². The summed E-state index contributed by atoms with van der Waals surface area (Å²) in [7, 11) is 0. The lowest BCUT2D eigenvalue weighted by molar-refractivity contribution is -0.0159. The fraction of sp³-hybridized carbons (Fsp3) is 0.462. The van der Waals surface area contributed by atoms with Crippen molar-refractivity contribution in [2.45, 2.75) is 25.5 Å². The molecular formula is C13H17NO3. The molecule has 2 rings (SSSR count). The van der Waals surface area contributed by atoms with Gasteiger partial charge in [0.15, 0.2) is 0 Å². The van der Waals surface area contributed by atoms with Crippen LogP contribution in [0, 0.1) is 0 Å². The topological polar surface area (TPSA) is 61.6 Å². The normalized spacial score (nSPS) is 16.8. The van der Waals surface area contributed by atoms with Gasteiger partial charge in [-0.25, -0.2) is 4.79 Å². The molecule has 0 amide bonds. The van der Waals surface area contributed by atoms with E-state index in [0.29, 0.717) is 25.3 Å². The van der Waals surface area contributed by atoms with Gasteiger partial charge < -0.3 is 15.2 Å². The lowest BCUT2D eigenvalue weighted by atomic mass is 10.1. The van der Waals surface area contributed by atoms with Gasteiger partial charge in [0, 0.05) is 19.4 Å². The summed E-state index contributed by atoms with van der Waals surface area (Å²) in [6, 6.07) is 7.25. The molecule has 1 aliphatic heterocycles. The summed E-state index contributed by atoms with van der Waals surface area (Å²) in [6.07, 6.45) is 1.54. The van der Waals surface area contributed by atoms with Gasteiger partial charge >= 0.3 is 5.97 Å². The molecule has 1 aromatic rings. The lowest BCUT2D eigenvalue weighted by Crippen LogP contribution is -2.26. The van der Waals surface area contributed by atoms with Gasteiger partial charge in [-0.2, -0.15) is 0 Å². The second-order valence-corrected chi connectivity index (χ2v) is 4.12. The zero-order valence-electron chi connectivity index (χ0n) is 9.72. The Morgan fingerprint density at radius 2 is 2.18 bits per heavy atom. The molecule has 0 saturated carbocycles. The van der Waals surface area contributed by atoms with Crippen molar-refractivity contribution in [2.24, 2.45) is 5.73 Å². The first-order valence-corrected chi connectivity index (χ1v) is 5.87. The minimum atomic E-state index is -0.271. The predicted octanol–water partition coefficient (Wildman–Crippen LogP) is 1.48. The number of rotatable bonds is 3. The third-order valence-corrected chi connectivity index (χ3v) is 2.84. The first-order chi connectivity index (χ1) is 8.29. The van der Waals surface area contributed by atoms with Crippen LogP contribution in [0.15, 0.2) is 24.3 Å². The van der Waals surface area contributed by atoms with Gasteiger partial charge in [0.2, 0.25) is 0 Å². The van der Waals surface area contributed by atoms with E-state index in [0.717, 1.165) is 18.4 Å². The standard InChI is InChI=1S/C13H17NO3/c14-9-10-2-1-3-11(8-10)13(15)17-12-4-6-16-7-5-12/h1-3,8,12H,4-7,9,14H2. The summed E-state index contributed by atoms with van der Waals surface area (Å²) in [4.78, 5) is 11.9. The van der Waals surface area contributed by atoms with E-state index in [1.165, 1.54) is 0 Å². The Balaban J connectivity index is 1.98. The highest BCUT2D eigenvalue weighted by Gasteiger charge is 2.19. The second kappa shape index (κ2) is 5.80. The van der Waals surface area contributed by atoms with Gasteiger partial charge in [-0.15, -0.1) is 0 Å². The number of benzene rings is 1. The van der Waals surface area contributed by atoms with Crippen LogP contribution in [-0.2, 0) is 16.0 Å². The molecule has 0 aromatic heterocycles. The molecule has 0 aliphatic carbocycles. The SMILES string of the molecule is NCc1cccc(C(=O)OC2CCOCC2)c1. The summed E-state index contributed by atoms with van der Waals surface area (Å²) in [5, 5.41) is 0. The largest absolute Gasteiger partial charge is 0.459 e. The second-order valence-electron chi connectivity index (χ2n) is 4.12. The van der Waals surface area contributed by atoms with Gasteiger partial charge in [0.1, 0.15) is 6.10 Å². The molecule has 4 nitrogen and oxygen atoms in total. The molecule has 17 heavy (non-hydrogen) atoms. The third-order valence-electron chi connectivity index (χ3n) is 2.84. The van der Waals surface area contributed by atoms with Crippen LogP contribution in [0.3, 0.4) is 0 Å². The Kier molecular flexibility index (Phi) is 4.12. The van der Waals surface area contributed by atoms with Crippen LogP contribution in [-0.4, -0.2) is 25.3 Å². The highest BCUT2D eigenvalue weighted by molar-refractivity contribution is 5.89. The molecule has 1 saturated heterocycles. The monoisotopic (exact) mass is 235 g/mol. The average Bonchev–Trinajstić information content (AvgIpc) is 2.40. The van der Waals surface area contributed by atoms with E-state index in [1.54, 1.807) is 12.1 Å². The summed E-state index contributed by atoms with van der Waals surface area (Å²) in [5.74, 6) is -0.271. The first-order valence-electron chi connectivity index (χ1n) is 5.87. The van der Waals surface area contributed by atoms with Crippen molar-refractivity contribution in [3.63, 3.8) is 0 Å². The maximum absolute atomic E-state index is 11.9. The lowest BCUT2D eigenvalue weighted by Gasteiger charge is -2.22. The highest BCUT2D eigenvalue weighted by atomic mass is 16.6. The van der Waals surface area contributed by atoms with E-state index in [1.807, 2.05) is 12.1 Å². The first kappa shape index (κ1) is 12.1. The molecule has 0 bridgehead atoms. The Morgan fingerprint density at radius 3 is 2.88 bits per heavy atom. The van der Waals surface area contributed by atoms with E-state index >= 15 is 0 Å². The Labute approximate surface area is 101 Å². The van der Waals surface area contributed by atoms with Crippen LogP contribution < -0.4 is 5.73 Å². The van der Waals surface area contributed by atoms with E-state index in [9.17, 15) is 4.79 Å². The number of nitrogens with two attached hydrogens (primary N) is 1. The summed E-state index contributed by atoms with van der Waals surface area (Å²) >= 11 is 0. The molecule has 92 valence electrons. The summed E-state index contributed by atoms with van der Waals surface area (Å²) < 4.78 is 10.6. The predicted molar refractivity (Wildman–Crippen MR) is 63.6 cm³/mol. The number of carbonyl (C=O) groups excluding carboxylic acids is 1. The average molecular weight is 235 g/mol. The minimum Gasteiger partial charge on any atom is -0.459 e. The number of hydrogen-bond donors (Lipinski definition) is 1. The molecule has 1 fully saturated rings. The van der Waals surface area contributed by atoms with Crippen LogP contribution in [0.2, 0.25) is 0 Å². The molecule has 0 unspecified atom stereocenters. The smallest absolute Gasteiger partial charge is 0.338 e. The van der Waals surface area contributed by atoms with Crippen molar-refractivity contribution in [1.29, 1.82) is 0 Å². The molecule has 4 heteroatoms. The molecule has 0 radical (unpaired) electrons. The number of hydrogen-bond acceptors (Lipinski definition) is 4. The fourth-order valence-electron chi connectivity index (χ4n) is 1.84. The Hall–Kier alpha value is -1.39.